The van der Waals surface area contributed by atoms with E-state index in [1.807, 2.05) is 44.2 Å². The van der Waals surface area contributed by atoms with Gasteiger partial charge in [-0.1, -0.05) is 30.3 Å². The Kier molecular flexibility index (Phi) is 4.91. The van der Waals surface area contributed by atoms with E-state index in [4.69, 9.17) is 5.11 Å². The van der Waals surface area contributed by atoms with Crippen LogP contribution in [0.3, 0.4) is 0 Å². The summed E-state index contributed by atoms with van der Waals surface area (Å²) in [5, 5.41) is 9.01. The molecule has 112 valence electrons. The Hall–Kier alpha value is -1.94. The van der Waals surface area contributed by atoms with Crippen LogP contribution < -0.4 is 4.90 Å². The lowest BCUT2D eigenvalue weighted by atomic mass is 10.1. The molecule has 0 unspecified atom stereocenters. The highest BCUT2D eigenvalue weighted by Gasteiger charge is 2.20. The van der Waals surface area contributed by atoms with Crippen LogP contribution in [0.4, 0.5) is 14.5 Å². The van der Waals surface area contributed by atoms with Gasteiger partial charge in [-0.3, -0.25) is 0 Å². The predicted molar refractivity (Wildman–Crippen MR) is 80.0 cm³/mol. The molecule has 0 saturated carbocycles. The second-order valence-electron chi connectivity index (χ2n) is 5.27. The third-order valence-electron chi connectivity index (χ3n) is 3.37. The Morgan fingerprint density at radius 3 is 2.05 bits per heavy atom. The molecule has 0 amide bonds. The SMILES string of the molecule is CC(C)N(Cc1ccccc1)c1c(F)cc(CO)cc1F. The lowest BCUT2D eigenvalue weighted by Crippen LogP contribution is -2.32. The van der Waals surface area contributed by atoms with Gasteiger partial charge in [0.2, 0.25) is 0 Å². The van der Waals surface area contributed by atoms with Gasteiger partial charge in [0, 0.05) is 12.6 Å². The number of anilines is 1. The molecule has 2 rings (SSSR count). The van der Waals surface area contributed by atoms with Gasteiger partial charge in [0.1, 0.15) is 17.3 Å². The maximum atomic E-state index is 14.2. The number of hydrogen-bond acceptors (Lipinski definition) is 2. The molecule has 0 radical (unpaired) electrons. The van der Waals surface area contributed by atoms with Crippen LogP contribution in [0, 0.1) is 11.6 Å². The molecule has 2 nitrogen and oxygen atoms in total. The molecule has 0 bridgehead atoms. The van der Waals surface area contributed by atoms with Gasteiger partial charge in [-0.2, -0.15) is 0 Å². The molecule has 2 aromatic carbocycles. The molecule has 0 fully saturated rings. The molecule has 1 N–H and O–H groups in total. The van der Waals surface area contributed by atoms with Crippen LogP contribution in [-0.2, 0) is 13.2 Å². The molecule has 0 aromatic heterocycles. The Bertz CT molecular complexity index is 576. The first-order chi connectivity index (χ1) is 10.0. The van der Waals surface area contributed by atoms with Gasteiger partial charge in [0.15, 0.2) is 0 Å². The van der Waals surface area contributed by atoms with Crippen molar-refractivity contribution < 1.29 is 13.9 Å². The van der Waals surface area contributed by atoms with Crippen LogP contribution in [0.25, 0.3) is 0 Å². The first-order valence-corrected chi connectivity index (χ1v) is 6.92. The molecule has 0 spiro atoms. The van der Waals surface area contributed by atoms with E-state index in [0.29, 0.717) is 6.54 Å². The second-order valence-corrected chi connectivity index (χ2v) is 5.27. The van der Waals surface area contributed by atoms with Crippen LogP contribution in [0.2, 0.25) is 0 Å². The van der Waals surface area contributed by atoms with Gasteiger partial charge in [-0.05, 0) is 37.1 Å². The molecule has 0 aliphatic rings. The number of rotatable bonds is 5. The summed E-state index contributed by atoms with van der Waals surface area (Å²) in [7, 11) is 0. The number of nitrogens with zero attached hydrogens (tertiary/aromatic N) is 1. The maximum absolute atomic E-state index is 14.2. The van der Waals surface area contributed by atoms with Gasteiger partial charge >= 0.3 is 0 Å². The molecule has 4 heteroatoms. The van der Waals surface area contributed by atoms with E-state index in [2.05, 4.69) is 0 Å². The fraction of sp³-hybridized carbons (Fsp3) is 0.294. The first-order valence-electron chi connectivity index (χ1n) is 6.92. The Morgan fingerprint density at radius 1 is 1.00 bits per heavy atom. The minimum atomic E-state index is -0.649. The maximum Gasteiger partial charge on any atom is 0.149 e. The van der Waals surface area contributed by atoms with E-state index in [9.17, 15) is 8.78 Å². The summed E-state index contributed by atoms with van der Waals surface area (Å²) in [6.07, 6.45) is 0. The van der Waals surface area contributed by atoms with Crippen LogP contribution in [0.1, 0.15) is 25.0 Å². The van der Waals surface area contributed by atoms with E-state index in [0.717, 1.165) is 5.56 Å². The molecule has 2 aromatic rings. The summed E-state index contributed by atoms with van der Waals surface area (Å²) in [6.45, 7) is 3.82. The average Bonchev–Trinajstić information content (AvgIpc) is 2.46. The minimum Gasteiger partial charge on any atom is -0.392 e. The van der Waals surface area contributed by atoms with Gasteiger partial charge in [0.25, 0.3) is 0 Å². The number of aliphatic hydroxyl groups excluding tert-OH is 1. The van der Waals surface area contributed by atoms with Crippen molar-refractivity contribution in [2.24, 2.45) is 0 Å². The van der Waals surface area contributed by atoms with E-state index in [1.54, 1.807) is 4.90 Å². The highest BCUT2D eigenvalue weighted by atomic mass is 19.1. The summed E-state index contributed by atoms with van der Waals surface area (Å²) in [5.74, 6) is -1.30. The van der Waals surface area contributed by atoms with Crippen molar-refractivity contribution in [3.63, 3.8) is 0 Å². The van der Waals surface area contributed by atoms with E-state index >= 15 is 0 Å². The average molecular weight is 291 g/mol. The number of benzene rings is 2. The fourth-order valence-electron chi connectivity index (χ4n) is 2.28. The lowest BCUT2D eigenvalue weighted by molar-refractivity contribution is 0.280. The molecule has 0 aliphatic heterocycles. The topological polar surface area (TPSA) is 23.5 Å². The summed E-state index contributed by atoms with van der Waals surface area (Å²) in [6, 6.07) is 11.8. The molecule has 0 atom stereocenters. The van der Waals surface area contributed by atoms with Gasteiger partial charge < -0.3 is 10.0 Å². The number of hydrogen-bond donors (Lipinski definition) is 1. The van der Waals surface area contributed by atoms with Crippen LogP contribution in [0.5, 0.6) is 0 Å². The first kappa shape index (κ1) is 15.4. The number of aliphatic hydroxyl groups is 1. The molecule has 0 saturated heterocycles. The quantitative estimate of drug-likeness (QED) is 0.904. The summed E-state index contributed by atoms with van der Waals surface area (Å²) in [5.41, 5.74) is 1.17. The van der Waals surface area contributed by atoms with Crippen molar-refractivity contribution in [2.45, 2.75) is 33.0 Å². The highest BCUT2D eigenvalue weighted by molar-refractivity contribution is 5.52. The van der Waals surface area contributed by atoms with Crippen molar-refractivity contribution in [2.75, 3.05) is 4.90 Å². The second kappa shape index (κ2) is 6.68. The zero-order valence-corrected chi connectivity index (χ0v) is 12.2. The molecule has 0 heterocycles. The minimum absolute atomic E-state index is 0.0500. The molecular formula is C17H19F2NO. The molecule has 0 aliphatic carbocycles. The zero-order valence-electron chi connectivity index (χ0n) is 12.2. The van der Waals surface area contributed by atoms with Crippen LogP contribution in [0.15, 0.2) is 42.5 Å². The standard InChI is InChI=1S/C17H19F2NO/c1-12(2)20(10-13-6-4-3-5-7-13)17-15(18)8-14(11-21)9-16(17)19/h3-9,12,21H,10-11H2,1-2H3. The van der Waals surface area contributed by atoms with Crippen molar-refractivity contribution in [3.05, 3.63) is 65.2 Å². The van der Waals surface area contributed by atoms with Crippen molar-refractivity contribution in [3.8, 4) is 0 Å². The number of halogens is 2. The smallest absolute Gasteiger partial charge is 0.149 e. The Balaban J connectivity index is 2.39. The van der Waals surface area contributed by atoms with Gasteiger partial charge in [0.05, 0.1) is 6.61 Å². The van der Waals surface area contributed by atoms with Crippen molar-refractivity contribution >= 4 is 5.69 Å². The fourth-order valence-corrected chi connectivity index (χ4v) is 2.28. The van der Waals surface area contributed by atoms with Crippen LogP contribution in [-0.4, -0.2) is 11.1 Å². The molecule has 21 heavy (non-hydrogen) atoms. The summed E-state index contributed by atoms with van der Waals surface area (Å²) < 4.78 is 28.4. The monoisotopic (exact) mass is 291 g/mol. The van der Waals surface area contributed by atoms with Gasteiger partial charge in [-0.25, -0.2) is 8.78 Å². The molecular weight excluding hydrogens is 272 g/mol. The largest absolute Gasteiger partial charge is 0.392 e. The van der Waals surface area contributed by atoms with Crippen molar-refractivity contribution in [1.29, 1.82) is 0 Å². The van der Waals surface area contributed by atoms with Crippen LogP contribution >= 0.6 is 0 Å². The predicted octanol–water partition coefficient (Wildman–Crippen LogP) is 3.87. The Labute approximate surface area is 123 Å². The van der Waals surface area contributed by atoms with E-state index in [-0.39, 0.29) is 23.9 Å². The van der Waals surface area contributed by atoms with Gasteiger partial charge in [-0.15, -0.1) is 0 Å². The van der Waals surface area contributed by atoms with Crippen molar-refractivity contribution in [1.82, 2.24) is 0 Å². The third-order valence-corrected chi connectivity index (χ3v) is 3.37. The zero-order chi connectivity index (χ0) is 15.4. The summed E-state index contributed by atoms with van der Waals surface area (Å²) in [4.78, 5) is 1.68. The highest BCUT2D eigenvalue weighted by Crippen LogP contribution is 2.28. The normalized spacial score (nSPS) is 11.0. The van der Waals surface area contributed by atoms with E-state index < -0.39 is 11.6 Å². The summed E-state index contributed by atoms with van der Waals surface area (Å²) >= 11 is 0. The van der Waals surface area contributed by atoms with E-state index in [1.165, 1.54) is 12.1 Å². The third kappa shape index (κ3) is 3.58. The Morgan fingerprint density at radius 2 is 1.57 bits per heavy atom. The lowest BCUT2D eigenvalue weighted by Gasteiger charge is -2.30.